The Balaban J connectivity index is 2.25. The van der Waals surface area contributed by atoms with Crippen LogP contribution in [0.1, 0.15) is 36.9 Å². The van der Waals surface area contributed by atoms with Crippen LogP contribution in [0.15, 0.2) is 12.4 Å². The van der Waals surface area contributed by atoms with E-state index in [2.05, 4.69) is 41.0 Å². The number of nitrogens with one attached hydrogen (secondary N) is 1. The fourth-order valence-electron chi connectivity index (χ4n) is 1.72. The van der Waals surface area contributed by atoms with Gasteiger partial charge in [0.1, 0.15) is 0 Å². The Hall–Kier alpha value is -1.37. The third-order valence-corrected chi connectivity index (χ3v) is 3.90. The molecule has 2 rings (SSSR count). The maximum atomic E-state index is 5.24. The number of rotatable bonds is 5. The van der Waals surface area contributed by atoms with E-state index in [0.717, 1.165) is 22.8 Å². The van der Waals surface area contributed by atoms with Crippen LogP contribution in [-0.4, -0.2) is 27.6 Å². The van der Waals surface area contributed by atoms with Crippen molar-refractivity contribution in [3.8, 4) is 10.8 Å². The molecule has 5 nitrogen and oxygen atoms in total. The van der Waals surface area contributed by atoms with Gasteiger partial charge in [0.25, 0.3) is 0 Å². The first kappa shape index (κ1) is 16.0. The molecule has 0 atom stereocenters. The number of hydrogen-bond acceptors (Lipinski definition) is 6. The second-order valence-electron chi connectivity index (χ2n) is 6.01. The van der Waals surface area contributed by atoms with Crippen molar-refractivity contribution < 1.29 is 4.74 Å². The second-order valence-corrected chi connectivity index (χ2v) is 7.09. The Kier molecular flexibility index (Phi) is 5.03. The Bertz CT molecular complexity index is 587. The van der Waals surface area contributed by atoms with Crippen molar-refractivity contribution in [1.82, 2.24) is 20.3 Å². The molecule has 6 heteroatoms. The van der Waals surface area contributed by atoms with E-state index < -0.39 is 0 Å². The van der Waals surface area contributed by atoms with Gasteiger partial charge in [-0.05, 0) is 33.3 Å². The van der Waals surface area contributed by atoms with Gasteiger partial charge < -0.3 is 10.1 Å². The minimum atomic E-state index is 0.0643. The molecule has 0 radical (unpaired) electrons. The molecule has 0 unspecified atom stereocenters. The van der Waals surface area contributed by atoms with Gasteiger partial charge in [0.15, 0.2) is 10.8 Å². The predicted octanol–water partition coefficient (Wildman–Crippen LogP) is 2.94. The lowest BCUT2D eigenvalue weighted by Gasteiger charge is -2.20. The Morgan fingerprint density at radius 1 is 1.24 bits per heavy atom. The van der Waals surface area contributed by atoms with Crippen molar-refractivity contribution in [2.24, 2.45) is 0 Å². The molecule has 0 saturated heterocycles. The van der Waals surface area contributed by atoms with E-state index in [1.807, 2.05) is 19.3 Å². The molecule has 21 heavy (non-hydrogen) atoms. The van der Waals surface area contributed by atoms with Crippen LogP contribution in [0.4, 0.5) is 0 Å². The number of methoxy groups -OCH3 is 1. The molecule has 114 valence electrons. The van der Waals surface area contributed by atoms with Gasteiger partial charge in [-0.25, -0.2) is 15.0 Å². The van der Waals surface area contributed by atoms with E-state index in [4.69, 9.17) is 4.74 Å². The van der Waals surface area contributed by atoms with E-state index in [-0.39, 0.29) is 5.54 Å². The predicted molar refractivity (Wildman–Crippen MR) is 85.2 cm³/mol. The van der Waals surface area contributed by atoms with Crippen LogP contribution in [-0.2, 0) is 17.9 Å². The van der Waals surface area contributed by atoms with Crippen LogP contribution in [0.3, 0.4) is 0 Å². The fraction of sp³-hybridized carbons (Fsp3) is 0.533. The largest absolute Gasteiger partial charge is 0.378 e. The summed E-state index contributed by atoms with van der Waals surface area (Å²) in [5, 5.41) is 4.33. The van der Waals surface area contributed by atoms with Crippen molar-refractivity contribution in [2.75, 3.05) is 7.11 Å². The Morgan fingerprint density at radius 3 is 2.48 bits per heavy atom. The lowest BCUT2D eigenvalue weighted by molar-refractivity contribution is 0.181. The van der Waals surface area contributed by atoms with Crippen molar-refractivity contribution in [1.29, 1.82) is 0 Å². The number of ether oxygens (including phenoxy) is 1. The van der Waals surface area contributed by atoms with Crippen LogP contribution in [0.2, 0.25) is 0 Å². The van der Waals surface area contributed by atoms with Crippen molar-refractivity contribution >= 4 is 11.3 Å². The molecule has 0 saturated carbocycles. The molecule has 1 N–H and O–H groups in total. The first-order valence-electron chi connectivity index (χ1n) is 6.90. The summed E-state index contributed by atoms with van der Waals surface area (Å²) in [6.45, 7) is 9.69. The molecule has 2 aromatic rings. The summed E-state index contributed by atoms with van der Waals surface area (Å²) in [6.07, 6.45) is 3.62. The number of aryl methyl sites for hydroxylation is 1. The van der Waals surface area contributed by atoms with Gasteiger partial charge in [-0.15, -0.1) is 11.3 Å². The first-order valence-corrected chi connectivity index (χ1v) is 7.72. The fourth-order valence-corrected chi connectivity index (χ4v) is 2.67. The van der Waals surface area contributed by atoms with Crippen LogP contribution in [0, 0.1) is 6.92 Å². The molecular formula is C15H22N4OS. The van der Waals surface area contributed by atoms with Gasteiger partial charge >= 0.3 is 0 Å². The summed E-state index contributed by atoms with van der Waals surface area (Å²) in [7, 11) is 1.68. The maximum Gasteiger partial charge on any atom is 0.188 e. The molecule has 0 aromatic carbocycles. The average molecular weight is 306 g/mol. The third kappa shape index (κ3) is 4.56. The number of aromatic nitrogens is 3. The van der Waals surface area contributed by atoms with E-state index in [9.17, 15) is 0 Å². The summed E-state index contributed by atoms with van der Waals surface area (Å²) in [5.74, 6) is 0.671. The highest BCUT2D eigenvalue weighted by Gasteiger charge is 2.16. The second kappa shape index (κ2) is 6.60. The zero-order chi connectivity index (χ0) is 15.5. The third-order valence-electron chi connectivity index (χ3n) is 2.81. The quantitative estimate of drug-likeness (QED) is 0.920. The smallest absolute Gasteiger partial charge is 0.188 e. The van der Waals surface area contributed by atoms with E-state index >= 15 is 0 Å². The van der Waals surface area contributed by atoms with Gasteiger partial charge in [0.05, 0.1) is 12.3 Å². The minimum Gasteiger partial charge on any atom is -0.378 e. The normalized spacial score (nSPS) is 11.9. The lowest BCUT2D eigenvalue weighted by Crippen LogP contribution is -2.35. The van der Waals surface area contributed by atoms with Crippen molar-refractivity contribution in [2.45, 2.75) is 46.4 Å². The van der Waals surface area contributed by atoms with Crippen LogP contribution in [0.25, 0.3) is 10.8 Å². The van der Waals surface area contributed by atoms with Gasteiger partial charge in [-0.2, -0.15) is 0 Å². The van der Waals surface area contributed by atoms with Crippen LogP contribution < -0.4 is 5.32 Å². The van der Waals surface area contributed by atoms with Crippen LogP contribution >= 0.6 is 11.3 Å². The Labute approximate surface area is 129 Å². The highest BCUT2D eigenvalue weighted by molar-refractivity contribution is 7.15. The summed E-state index contributed by atoms with van der Waals surface area (Å²) >= 11 is 1.62. The number of thiazole rings is 1. The molecule has 0 aliphatic rings. The number of hydrogen-bond donors (Lipinski definition) is 1. The molecule has 2 heterocycles. The molecule has 0 amide bonds. The molecule has 2 aromatic heterocycles. The maximum absolute atomic E-state index is 5.24. The highest BCUT2D eigenvalue weighted by Crippen LogP contribution is 2.26. The van der Waals surface area contributed by atoms with Gasteiger partial charge in [-0.3, -0.25) is 0 Å². The molecule has 0 aliphatic carbocycles. The van der Waals surface area contributed by atoms with E-state index in [1.165, 1.54) is 4.88 Å². The monoisotopic (exact) mass is 306 g/mol. The van der Waals surface area contributed by atoms with Crippen molar-refractivity contribution in [3.63, 3.8) is 0 Å². The summed E-state index contributed by atoms with van der Waals surface area (Å²) < 4.78 is 5.24. The standard InChI is InChI=1S/C15H22N4OS/c1-10-6-16-13(17-7-10)14-19-11(9-20-5)12(21-14)8-18-15(2,3)4/h6-7,18H,8-9H2,1-5H3. The first-order chi connectivity index (χ1) is 9.89. The van der Waals surface area contributed by atoms with Gasteiger partial charge in [0, 0.05) is 36.5 Å². The van der Waals surface area contributed by atoms with Crippen molar-refractivity contribution in [3.05, 3.63) is 28.5 Å². The van der Waals surface area contributed by atoms with Gasteiger partial charge in [-0.1, -0.05) is 0 Å². The minimum absolute atomic E-state index is 0.0643. The lowest BCUT2D eigenvalue weighted by atomic mass is 10.1. The summed E-state index contributed by atoms with van der Waals surface area (Å²) in [4.78, 5) is 14.5. The number of nitrogens with zero attached hydrogens (tertiary/aromatic N) is 3. The molecule has 0 spiro atoms. The Morgan fingerprint density at radius 2 is 1.90 bits per heavy atom. The molecular weight excluding hydrogens is 284 g/mol. The summed E-state index contributed by atoms with van der Waals surface area (Å²) in [6, 6.07) is 0. The molecule has 0 fully saturated rings. The molecule has 0 bridgehead atoms. The SMILES string of the molecule is COCc1nc(-c2ncc(C)cn2)sc1CNC(C)(C)C. The van der Waals surface area contributed by atoms with E-state index in [1.54, 1.807) is 18.4 Å². The topological polar surface area (TPSA) is 59.9 Å². The zero-order valence-electron chi connectivity index (χ0n) is 13.2. The summed E-state index contributed by atoms with van der Waals surface area (Å²) in [5.41, 5.74) is 2.06. The van der Waals surface area contributed by atoms with E-state index in [0.29, 0.717) is 12.4 Å². The zero-order valence-corrected chi connectivity index (χ0v) is 14.0. The highest BCUT2D eigenvalue weighted by atomic mass is 32.1. The average Bonchev–Trinajstić information content (AvgIpc) is 2.80. The molecule has 0 aliphatic heterocycles. The van der Waals surface area contributed by atoms with Crippen LogP contribution in [0.5, 0.6) is 0 Å². The van der Waals surface area contributed by atoms with Gasteiger partial charge in [0.2, 0.25) is 0 Å².